The smallest absolute Gasteiger partial charge is 0.335 e. The van der Waals surface area contributed by atoms with Gasteiger partial charge in [0.25, 0.3) is 0 Å². The van der Waals surface area contributed by atoms with Crippen LogP contribution in [0.4, 0.5) is 0 Å². The first kappa shape index (κ1) is 12.1. The first-order chi connectivity index (χ1) is 8.10. The number of nitrogens with zero attached hydrogens (tertiary/aromatic N) is 1. The topological polar surface area (TPSA) is 40.5 Å². The number of benzene rings is 1. The number of carbonyl (C=O) groups is 1. The molecule has 1 N–H and O–H groups in total. The highest BCUT2D eigenvalue weighted by molar-refractivity contribution is 5.88. The number of rotatable bonds is 3. The lowest BCUT2D eigenvalue weighted by Crippen LogP contribution is -2.24. The standard InChI is InChI=1S/C14H19NO2/c1-4-13-12-8-10(14(16)17)6-7-11(12)9(3)15(13)5-2/h6-9,13H,4-5H2,1-3H3,(H,16,17). The van der Waals surface area contributed by atoms with Gasteiger partial charge in [-0.05, 0) is 43.1 Å². The Labute approximate surface area is 102 Å². The molecule has 0 aromatic heterocycles. The molecule has 1 aliphatic heterocycles. The number of fused-ring (bicyclic) bond motifs is 1. The maximum absolute atomic E-state index is 11.0. The largest absolute Gasteiger partial charge is 0.478 e. The predicted octanol–water partition coefficient (Wildman–Crippen LogP) is 3.23. The summed E-state index contributed by atoms with van der Waals surface area (Å²) in [7, 11) is 0. The van der Waals surface area contributed by atoms with E-state index in [-0.39, 0.29) is 0 Å². The molecule has 1 aromatic rings. The SMILES string of the molecule is CCC1c2cc(C(=O)O)ccc2C(C)N1CC. The van der Waals surface area contributed by atoms with E-state index in [1.165, 1.54) is 11.1 Å². The van der Waals surface area contributed by atoms with Crippen molar-refractivity contribution in [3.05, 3.63) is 34.9 Å². The van der Waals surface area contributed by atoms with E-state index in [1.807, 2.05) is 12.1 Å². The first-order valence-corrected chi connectivity index (χ1v) is 6.23. The molecule has 3 nitrogen and oxygen atoms in total. The van der Waals surface area contributed by atoms with Crippen LogP contribution in [0.15, 0.2) is 18.2 Å². The maximum atomic E-state index is 11.0. The minimum absolute atomic E-state index is 0.365. The number of carboxylic acids is 1. The van der Waals surface area contributed by atoms with Crippen LogP contribution in [0.3, 0.4) is 0 Å². The van der Waals surface area contributed by atoms with Gasteiger partial charge in [0.15, 0.2) is 0 Å². The van der Waals surface area contributed by atoms with Gasteiger partial charge in [-0.25, -0.2) is 4.79 Å². The molecule has 0 spiro atoms. The quantitative estimate of drug-likeness (QED) is 0.871. The molecule has 17 heavy (non-hydrogen) atoms. The molecule has 1 aliphatic rings. The fourth-order valence-electron chi connectivity index (χ4n) is 2.95. The molecule has 2 unspecified atom stereocenters. The van der Waals surface area contributed by atoms with E-state index in [9.17, 15) is 4.79 Å². The van der Waals surface area contributed by atoms with Crippen molar-refractivity contribution >= 4 is 5.97 Å². The third-order valence-electron chi connectivity index (χ3n) is 3.79. The molecule has 92 valence electrons. The predicted molar refractivity (Wildman–Crippen MR) is 67.2 cm³/mol. The average molecular weight is 233 g/mol. The Morgan fingerprint density at radius 3 is 2.59 bits per heavy atom. The zero-order valence-electron chi connectivity index (χ0n) is 10.6. The molecule has 0 aliphatic carbocycles. The van der Waals surface area contributed by atoms with Crippen molar-refractivity contribution in [3.8, 4) is 0 Å². The lowest BCUT2D eigenvalue weighted by molar-refractivity contribution is 0.0696. The van der Waals surface area contributed by atoms with Gasteiger partial charge in [0.2, 0.25) is 0 Å². The summed E-state index contributed by atoms with van der Waals surface area (Å²) in [6.07, 6.45) is 1.02. The summed E-state index contributed by atoms with van der Waals surface area (Å²) >= 11 is 0. The molecule has 0 bridgehead atoms. The highest BCUT2D eigenvalue weighted by Gasteiger charge is 2.33. The molecule has 0 amide bonds. The van der Waals surface area contributed by atoms with Gasteiger partial charge in [-0.15, -0.1) is 0 Å². The van der Waals surface area contributed by atoms with E-state index in [4.69, 9.17) is 5.11 Å². The number of carboxylic acid groups (broad SMARTS) is 1. The number of hydrogen-bond acceptors (Lipinski definition) is 2. The monoisotopic (exact) mass is 233 g/mol. The van der Waals surface area contributed by atoms with E-state index in [1.54, 1.807) is 6.07 Å². The zero-order valence-corrected chi connectivity index (χ0v) is 10.6. The van der Waals surface area contributed by atoms with Gasteiger partial charge in [-0.1, -0.05) is 19.9 Å². The summed E-state index contributed by atoms with van der Waals surface area (Å²) in [4.78, 5) is 13.4. The minimum atomic E-state index is -0.842. The molecule has 3 heteroatoms. The second-order valence-electron chi connectivity index (χ2n) is 4.58. The van der Waals surface area contributed by atoms with Crippen LogP contribution in [0, 0.1) is 0 Å². The van der Waals surface area contributed by atoms with E-state index in [2.05, 4.69) is 25.7 Å². The fraction of sp³-hybridized carbons (Fsp3) is 0.500. The summed E-state index contributed by atoms with van der Waals surface area (Å²) in [5, 5.41) is 9.05. The molecule has 2 atom stereocenters. The molecule has 0 fully saturated rings. The van der Waals surface area contributed by atoms with Crippen molar-refractivity contribution < 1.29 is 9.90 Å². The van der Waals surface area contributed by atoms with Crippen LogP contribution in [0.1, 0.15) is 60.8 Å². The maximum Gasteiger partial charge on any atom is 0.335 e. The fourth-order valence-corrected chi connectivity index (χ4v) is 2.95. The molecule has 2 rings (SSSR count). The number of hydrogen-bond donors (Lipinski definition) is 1. The van der Waals surface area contributed by atoms with Crippen LogP contribution < -0.4 is 0 Å². The lowest BCUT2D eigenvalue weighted by Gasteiger charge is -2.26. The zero-order chi connectivity index (χ0) is 12.6. The lowest BCUT2D eigenvalue weighted by atomic mass is 9.98. The van der Waals surface area contributed by atoms with Crippen LogP contribution in [-0.4, -0.2) is 22.5 Å². The van der Waals surface area contributed by atoms with Crippen molar-refractivity contribution in [1.29, 1.82) is 0 Å². The second-order valence-corrected chi connectivity index (χ2v) is 4.58. The Bertz CT molecular complexity index is 442. The average Bonchev–Trinajstić information content (AvgIpc) is 2.60. The highest BCUT2D eigenvalue weighted by Crippen LogP contribution is 2.43. The summed E-state index contributed by atoms with van der Waals surface area (Å²) < 4.78 is 0. The van der Waals surface area contributed by atoms with Crippen molar-refractivity contribution in [3.63, 3.8) is 0 Å². The third-order valence-corrected chi connectivity index (χ3v) is 3.79. The Balaban J connectivity index is 2.48. The normalized spacial score (nSPS) is 23.7. The van der Waals surface area contributed by atoms with Crippen molar-refractivity contribution in [2.24, 2.45) is 0 Å². The molecule has 1 aromatic carbocycles. The summed E-state index contributed by atoms with van der Waals surface area (Å²) in [6.45, 7) is 7.50. The van der Waals surface area contributed by atoms with Gasteiger partial charge in [0.1, 0.15) is 0 Å². The van der Waals surface area contributed by atoms with Gasteiger partial charge in [0, 0.05) is 12.1 Å². The highest BCUT2D eigenvalue weighted by atomic mass is 16.4. The molecule has 1 heterocycles. The third kappa shape index (κ3) is 1.84. The van der Waals surface area contributed by atoms with Gasteiger partial charge in [-0.2, -0.15) is 0 Å². The van der Waals surface area contributed by atoms with Gasteiger partial charge in [0.05, 0.1) is 5.56 Å². The Hall–Kier alpha value is -1.35. The van der Waals surface area contributed by atoms with E-state index in [0.717, 1.165) is 13.0 Å². The van der Waals surface area contributed by atoms with E-state index < -0.39 is 5.97 Å². The van der Waals surface area contributed by atoms with Gasteiger partial charge < -0.3 is 5.11 Å². The molecule has 0 saturated carbocycles. The van der Waals surface area contributed by atoms with Crippen molar-refractivity contribution in [2.45, 2.75) is 39.3 Å². The second kappa shape index (κ2) is 4.49. The molecular weight excluding hydrogens is 214 g/mol. The Morgan fingerprint density at radius 2 is 2.06 bits per heavy atom. The summed E-state index contributed by atoms with van der Waals surface area (Å²) in [6, 6.07) is 6.29. The van der Waals surface area contributed by atoms with E-state index >= 15 is 0 Å². The van der Waals surface area contributed by atoms with Crippen LogP contribution in [-0.2, 0) is 0 Å². The van der Waals surface area contributed by atoms with Crippen LogP contribution in [0.2, 0.25) is 0 Å². The van der Waals surface area contributed by atoms with Gasteiger partial charge >= 0.3 is 5.97 Å². The van der Waals surface area contributed by atoms with Crippen LogP contribution >= 0.6 is 0 Å². The van der Waals surface area contributed by atoms with E-state index in [0.29, 0.717) is 17.6 Å². The van der Waals surface area contributed by atoms with Gasteiger partial charge in [-0.3, -0.25) is 4.90 Å². The molecular formula is C14H19NO2. The Kier molecular flexibility index (Phi) is 3.20. The van der Waals surface area contributed by atoms with Crippen LogP contribution in [0.25, 0.3) is 0 Å². The Morgan fingerprint density at radius 1 is 1.35 bits per heavy atom. The molecule has 0 saturated heterocycles. The summed E-state index contributed by atoms with van der Waals surface area (Å²) in [5.41, 5.74) is 2.87. The summed E-state index contributed by atoms with van der Waals surface area (Å²) in [5.74, 6) is -0.842. The van der Waals surface area contributed by atoms with Crippen molar-refractivity contribution in [1.82, 2.24) is 4.90 Å². The van der Waals surface area contributed by atoms with Crippen LogP contribution in [0.5, 0.6) is 0 Å². The first-order valence-electron chi connectivity index (χ1n) is 6.23. The number of aromatic carboxylic acids is 1. The minimum Gasteiger partial charge on any atom is -0.478 e. The molecule has 0 radical (unpaired) electrons. The van der Waals surface area contributed by atoms with Crippen molar-refractivity contribution in [2.75, 3.05) is 6.54 Å².